The molecule has 1 aromatic heterocycles. The van der Waals surface area contributed by atoms with E-state index < -0.39 is 4.92 Å². The van der Waals surface area contributed by atoms with Gasteiger partial charge in [-0.3, -0.25) is 14.9 Å². The van der Waals surface area contributed by atoms with Gasteiger partial charge in [-0.25, -0.2) is 9.97 Å². The van der Waals surface area contributed by atoms with Gasteiger partial charge in [0.2, 0.25) is 17.5 Å². The Labute approximate surface area is 190 Å². The van der Waals surface area contributed by atoms with E-state index in [0.29, 0.717) is 17.9 Å². The lowest BCUT2D eigenvalue weighted by atomic mass is 10.1. The molecule has 33 heavy (non-hydrogen) atoms. The first kappa shape index (κ1) is 21.7. The first-order chi connectivity index (χ1) is 16.0. The molecule has 1 amide bonds. The van der Waals surface area contributed by atoms with Crippen LogP contribution in [0.15, 0.2) is 73.1 Å². The van der Waals surface area contributed by atoms with Crippen LogP contribution in [0.1, 0.15) is 13.8 Å². The molecular weight excluding hydrogens is 420 g/mol. The lowest BCUT2D eigenvalue weighted by Gasteiger charge is -2.24. The van der Waals surface area contributed by atoms with Gasteiger partial charge in [-0.05, 0) is 42.6 Å². The molecule has 0 unspecified atom stereocenters. The molecule has 9 nitrogen and oxygen atoms in total. The monoisotopic (exact) mass is 442 g/mol. The smallest absolute Gasteiger partial charge is 0.334 e. The highest BCUT2D eigenvalue weighted by Gasteiger charge is 2.28. The molecule has 166 valence electrons. The fourth-order valence-electron chi connectivity index (χ4n) is 3.68. The quantitative estimate of drug-likeness (QED) is 0.291. The minimum atomic E-state index is -0.475. The average molecular weight is 442 g/mol. The highest BCUT2D eigenvalue weighted by Crippen LogP contribution is 2.39. The van der Waals surface area contributed by atoms with Gasteiger partial charge < -0.3 is 15.5 Å². The van der Waals surface area contributed by atoms with Crippen LogP contribution in [0.4, 0.5) is 34.4 Å². The first-order valence-electron chi connectivity index (χ1n) is 10.4. The third-order valence-corrected chi connectivity index (χ3v) is 5.08. The Hall–Kier alpha value is -4.53. The summed E-state index contributed by atoms with van der Waals surface area (Å²) in [5.41, 5.74) is 1.81. The molecular formula is C24H22N6O3. The van der Waals surface area contributed by atoms with Crippen LogP contribution in [-0.4, -0.2) is 27.3 Å². The van der Waals surface area contributed by atoms with Crippen molar-refractivity contribution in [1.29, 1.82) is 0 Å². The maximum atomic E-state index is 12.1. The standard InChI is InChI=1S/C24H22N6O3/c1-3-29(21-10-6-8-17-7-4-5-9-20(17)21)24-22(30(32)33)23(25-15-26-24)28-19-13-11-18(12-14-19)27-16(2)31/h4-15H,3H2,1-2H3,(H,27,31)(H,25,26,28). The molecule has 0 bridgehead atoms. The number of nitro groups is 1. The number of carbonyl (C=O) groups excluding carboxylic acids is 1. The minimum Gasteiger partial charge on any atom is -0.334 e. The van der Waals surface area contributed by atoms with Crippen molar-refractivity contribution in [3.63, 3.8) is 0 Å². The van der Waals surface area contributed by atoms with Gasteiger partial charge in [-0.15, -0.1) is 0 Å². The van der Waals surface area contributed by atoms with Gasteiger partial charge in [0.25, 0.3) is 0 Å². The van der Waals surface area contributed by atoms with E-state index in [0.717, 1.165) is 16.5 Å². The van der Waals surface area contributed by atoms with E-state index in [1.807, 2.05) is 54.3 Å². The molecule has 4 aromatic rings. The Morgan fingerprint density at radius 3 is 2.39 bits per heavy atom. The topological polar surface area (TPSA) is 113 Å². The predicted molar refractivity (Wildman–Crippen MR) is 129 cm³/mol. The van der Waals surface area contributed by atoms with Crippen LogP contribution < -0.4 is 15.5 Å². The molecule has 0 fully saturated rings. The number of aromatic nitrogens is 2. The third-order valence-electron chi connectivity index (χ3n) is 5.08. The zero-order valence-electron chi connectivity index (χ0n) is 18.1. The summed E-state index contributed by atoms with van der Waals surface area (Å²) in [6.45, 7) is 3.81. The Morgan fingerprint density at radius 1 is 1.00 bits per heavy atom. The highest BCUT2D eigenvalue weighted by atomic mass is 16.6. The van der Waals surface area contributed by atoms with Crippen LogP contribution in [0, 0.1) is 10.1 Å². The van der Waals surface area contributed by atoms with Crippen molar-refractivity contribution in [2.45, 2.75) is 13.8 Å². The molecule has 0 aliphatic heterocycles. The molecule has 0 atom stereocenters. The van der Waals surface area contributed by atoms with Crippen molar-refractivity contribution in [1.82, 2.24) is 9.97 Å². The van der Waals surface area contributed by atoms with Crippen molar-refractivity contribution in [2.24, 2.45) is 0 Å². The number of nitrogens with one attached hydrogen (secondary N) is 2. The maximum absolute atomic E-state index is 12.1. The predicted octanol–water partition coefficient (Wildman–Crippen LogP) is 5.40. The van der Waals surface area contributed by atoms with Crippen LogP contribution in [0.25, 0.3) is 10.8 Å². The molecule has 9 heteroatoms. The maximum Gasteiger partial charge on any atom is 0.354 e. The molecule has 3 aromatic carbocycles. The molecule has 0 aliphatic carbocycles. The summed E-state index contributed by atoms with van der Waals surface area (Å²) in [5, 5.41) is 19.8. The molecule has 0 spiro atoms. The number of anilines is 5. The zero-order valence-corrected chi connectivity index (χ0v) is 18.1. The molecule has 0 radical (unpaired) electrons. The largest absolute Gasteiger partial charge is 0.354 e. The van der Waals surface area contributed by atoms with Gasteiger partial charge >= 0.3 is 5.69 Å². The molecule has 4 rings (SSSR count). The van der Waals surface area contributed by atoms with E-state index in [-0.39, 0.29) is 23.2 Å². The second kappa shape index (κ2) is 9.31. The van der Waals surface area contributed by atoms with E-state index in [1.165, 1.54) is 13.3 Å². The summed E-state index contributed by atoms with van der Waals surface area (Å²) in [4.78, 5) is 33.1. The summed E-state index contributed by atoms with van der Waals surface area (Å²) in [6.07, 6.45) is 1.31. The van der Waals surface area contributed by atoms with Crippen LogP contribution in [0.3, 0.4) is 0 Å². The van der Waals surface area contributed by atoms with E-state index in [4.69, 9.17) is 0 Å². The van der Waals surface area contributed by atoms with E-state index in [1.54, 1.807) is 24.3 Å². The number of carbonyl (C=O) groups is 1. The van der Waals surface area contributed by atoms with Gasteiger partial charge in [-0.2, -0.15) is 0 Å². The van der Waals surface area contributed by atoms with Crippen LogP contribution in [0.5, 0.6) is 0 Å². The molecule has 1 heterocycles. The second-order valence-corrected chi connectivity index (χ2v) is 7.28. The van der Waals surface area contributed by atoms with E-state index in [9.17, 15) is 14.9 Å². The Bertz CT molecular complexity index is 1320. The van der Waals surface area contributed by atoms with Crippen molar-refractivity contribution in [2.75, 3.05) is 22.1 Å². The summed E-state index contributed by atoms with van der Waals surface area (Å²) >= 11 is 0. The van der Waals surface area contributed by atoms with Crippen LogP contribution >= 0.6 is 0 Å². The zero-order chi connectivity index (χ0) is 23.4. The number of hydrogen-bond donors (Lipinski definition) is 2. The van der Waals surface area contributed by atoms with Gasteiger partial charge in [0, 0.05) is 30.2 Å². The summed E-state index contributed by atoms with van der Waals surface area (Å²) in [6, 6.07) is 20.5. The van der Waals surface area contributed by atoms with Crippen LogP contribution in [0.2, 0.25) is 0 Å². The van der Waals surface area contributed by atoms with Gasteiger partial charge in [0.15, 0.2) is 0 Å². The number of rotatable bonds is 7. The van der Waals surface area contributed by atoms with Crippen molar-refractivity contribution >= 4 is 51.1 Å². The average Bonchev–Trinajstić information content (AvgIpc) is 2.80. The van der Waals surface area contributed by atoms with Crippen LogP contribution in [-0.2, 0) is 4.79 Å². The van der Waals surface area contributed by atoms with Crippen molar-refractivity contribution < 1.29 is 9.72 Å². The number of nitrogens with zero attached hydrogens (tertiary/aromatic N) is 4. The summed E-state index contributed by atoms with van der Waals surface area (Å²) in [7, 11) is 0. The number of hydrogen-bond acceptors (Lipinski definition) is 7. The summed E-state index contributed by atoms with van der Waals surface area (Å²) in [5.74, 6) is 0.0991. The van der Waals surface area contributed by atoms with Gasteiger partial charge in [0.1, 0.15) is 6.33 Å². The first-order valence-corrected chi connectivity index (χ1v) is 10.4. The van der Waals surface area contributed by atoms with Crippen molar-refractivity contribution in [3.8, 4) is 0 Å². The summed E-state index contributed by atoms with van der Waals surface area (Å²) < 4.78 is 0. The van der Waals surface area contributed by atoms with E-state index in [2.05, 4.69) is 20.6 Å². The Morgan fingerprint density at radius 2 is 1.70 bits per heavy atom. The fraction of sp³-hybridized carbons (Fsp3) is 0.125. The lowest BCUT2D eigenvalue weighted by Crippen LogP contribution is -2.20. The second-order valence-electron chi connectivity index (χ2n) is 7.28. The van der Waals surface area contributed by atoms with Gasteiger partial charge in [-0.1, -0.05) is 36.4 Å². The Kier molecular flexibility index (Phi) is 6.12. The third kappa shape index (κ3) is 4.57. The van der Waals surface area contributed by atoms with Crippen molar-refractivity contribution in [3.05, 3.63) is 83.2 Å². The number of amides is 1. The lowest BCUT2D eigenvalue weighted by molar-refractivity contribution is -0.383. The molecule has 0 aliphatic rings. The van der Waals surface area contributed by atoms with Gasteiger partial charge in [0.05, 0.1) is 10.6 Å². The molecule has 2 N–H and O–H groups in total. The SMILES string of the molecule is CCN(c1ncnc(Nc2ccc(NC(C)=O)cc2)c1[N+](=O)[O-])c1cccc2ccccc12. The number of benzene rings is 3. The fourth-order valence-corrected chi connectivity index (χ4v) is 3.68. The molecule has 0 saturated carbocycles. The minimum absolute atomic E-state index is 0.0796. The molecule has 0 saturated heterocycles. The number of fused-ring (bicyclic) bond motifs is 1. The van der Waals surface area contributed by atoms with E-state index >= 15 is 0 Å². The highest BCUT2D eigenvalue weighted by molar-refractivity contribution is 5.97. The Balaban J connectivity index is 1.76. The normalized spacial score (nSPS) is 10.6.